The van der Waals surface area contributed by atoms with Gasteiger partial charge in [-0.15, -0.1) is 0 Å². The normalized spacial score (nSPS) is 12.2. The monoisotopic (exact) mass is 450 g/mol. The molecular formula is C18H25F3N4O2S2. The van der Waals surface area contributed by atoms with Gasteiger partial charge in [0.1, 0.15) is 11.4 Å². The predicted octanol–water partition coefficient (Wildman–Crippen LogP) is 3.68. The molecule has 0 saturated heterocycles. The summed E-state index contributed by atoms with van der Waals surface area (Å²) >= 11 is 0. The summed E-state index contributed by atoms with van der Waals surface area (Å²) in [6, 6.07) is 5.78. The molecule has 11 heteroatoms. The van der Waals surface area contributed by atoms with Crippen molar-refractivity contribution >= 4 is 39.4 Å². The van der Waals surface area contributed by atoms with Crippen LogP contribution in [0.25, 0.3) is 0 Å². The number of halogens is 3. The first-order valence-corrected chi connectivity index (χ1v) is 11.2. The van der Waals surface area contributed by atoms with E-state index < -0.39 is 23.4 Å². The molecule has 0 unspecified atom stereocenters. The zero-order valence-electron chi connectivity index (χ0n) is 16.2. The number of hydrogen-bond acceptors (Lipinski definition) is 7. The molecule has 162 valence electrons. The maximum atomic E-state index is 13.5. The van der Waals surface area contributed by atoms with Crippen LogP contribution in [0, 0.1) is 5.41 Å². The van der Waals surface area contributed by atoms with Crippen LogP contribution in [0.5, 0.6) is 5.75 Å². The molecule has 1 amide bonds. The third-order valence-electron chi connectivity index (χ3n) is 3.51. The van der Waals surface area contributed by atoms with Crippen molar-refractivity contribution in [3.05, 3.63) is 35.5 Å². The van der Waals surface area contributed by atoms with E-state index in [4.69, 9.17) is 10.1 Å². The highest BCUT2D eigenvalue weighted by Gasteiger charge is 2.38. The standard InChI is InChI=1S/C18H25F3N4O2S2/c1-23-9-11-29-28-10-3-8-24-17(26)15(12-22)16(18(19,20)21)25-13-4-6-14(27-2)7-5-13/h4-7,12,22-23,25H,3,8-11H2,1-2H3,(H,24,26)/b16-15+,22-12?. The van der Waals surface area contributed by atoms with Crippen molar-refractivity contribution in [3.8, 4) is 5.75 Å². The van der Waals surface area contributed by atoms with Gasteiger partial charge in [-0.05, 0) is 37.7 Å². The van der Waals surface area contributed by atoms with Gasteiger partial charge in [0.15, 0.2) is 0 Å². The van der Waals surface area contributed by atoms with Crippen LogP contribution in [-0.2, 0) is 4.79 Å². The number of nitrogens with one attached hydrogen (secondary N) is 4. The lowest BCUT2D eigenvalue weighted by molar-refractivity contribution is -0.118. The van der Waals surface area contributed by atoms with Gasteiger partial charge >= 0.3 is 6.18 Å². The average Bonchev–Trinajstić information content (AvgIpc) is 2.69. The van der Waals surface area contributed by atoms with E-state index in [1.54, 1.807) is 21.6 Å². The summed E-state index contributed by atoms with van der Waals surface area (Å²) in [6.45, 7) is 1.12. The van der Waals surface area contributed by atoms with Gasteiger partial charge in [0.2, 0.25) is 0 Å². The number of anilines is 1. The summed E-state index contributed by atoms with van der Waals surface area (Å²) in [5.41, 5.74) is -1.93. The minimum atomic E-state index is -4.83. The van der Waals surface area contributed by atoms with Crippen molar-refractivity contribution in [2.75, 3.05) is 44.1 Å². The summed E-state index contributed by atoms with van der Waals surface area (Å²) in [6.07, 6.45) is -3.80. The van der Waals surface area contributed by atoms with E-state index in [2.05, 4.69) is 16.0 Å². The Morgan fingerprint density at radius 3 is 2.38 bits per heavy atom. The number of allylic oxidation sites excluding steroid dienone is 1. The Kier molecular flexibility index (Phi) is 11.6. The lowest BCUT2D eigenvalue weighted by atomic mass is 10.1. The number of hydrogen-bond donors (Lipinski definition) is 4. The highest BCUT2D eigenvalue weighted by molar-refractivity contribution is 8.76. The van der Waals surface area contributed by atoms with Crippen LogP contribution in [0.3, 0.4) is 0 Å². The van der Waals surface area contributed by atoms with Gasteiger partial charge in [-0.2, -0.15) is 13.2 Å². The molecule has 1 aromatic rings. The molecular weight excluding hydrogens is 425 g/mol. The van der Waals surface area contributed by atoms with E-state index in [9.17, 15) is 18.0 Å². The fraction of sp³-hybridized carbons (Fsp3) is 0.444. The second kappa shape index (κ2) is 13.4. The van der Waals surface area contributed by atoms with E-state index in [-0.39, 0.29) is 12.2 Å². The molecule has 0 aliphatic rings. The molecule has 0 spiro atoms. The molecule has 0 radical (unpaired) electrons. The number of benzene rings is 1. The zero-order valence-corrected chi connectivity index (χ0v) is 17.8. The molecule has 0 aliphatic carbocycles. The minimum Gasteiger partial charge on any atom is -0.497 e. The molecule has 0 bridgehead atoms. The van der Waals surface area contributed by atoms with Crippen LogP contribution in [0.15, 0.2) is 35.5 Å². The number of methoxy groups -OCH3 is 1. The Bertz CT molecular complexity index is 683. The molecule has 0 aliphatic heterocycles. The van der Waals surface area contributed by atoms with Crippen LogP contribution in [0.2, 0.25) is 0 Å². The summed E-state index contributed by atoms with van der Waals surface area (Å²) in [7, 11) is 6.64. The highest BCUT2D eigenvalue weighted by atomic mass is 33.1. The van der Waals surface area contributed by atoms with Gasteiger partial charge in [-0.1, -0.05) is 21.6 Å². The Balaban J connectivity index is 2.73. The third kappa shape index (κ3) is 9.46. The van der Waals surface area contributed by atoms with Crippen molar-refractivity contribution < 1.29 is 22.7 Å². The molecule has 29 heavy (non-hydrogen) atoms. The van der Waals surface area contributed by atoms with E-state index in [1.807, 2.05) is 7.05 Å². The molecule has 0 atom stereocenters. The summed E-state index contributed by atoms with van der Waals surface area (Å²) < 4.78 is 45.5. The Morgan fingerprint density at radius 1 is 1.17 bits per heavy atom. The first-order valence-electron chi connectivity index (χ1n) is 8.73. The van der Waals surface area contributed by atoms with Gasteiger partial charge in [-0.3, -0.25) is 4.79 Å². The second-order valence-electron chi connectivity index (χ2n) is 5.64. The number of carbonyl (C=O) groups excluding carboxylic acids is 1. The third-order valence-corrected chi connectivity index (χ3v) is 6.00. The van der Waals surface area contributed by atoms with Crippen molar-refractivity contribution in [2.45, 2.75) is 12.6 Å². The molecule has 4 N–H and O–H groups in total. The lowest BCUT2D eigenvalue weighted by Gasteiger charge is -2.17. The van der Waals surface area contributed by atoms with Crippen molar-refractivity contribution in [1.29, 1.82) is 5.41 Å². The zero-order chi connectivity index (χ0) is 21.7. The fourth-order valence-corrected chi connectivity index (χ4v) is 4.15. The minimum absolute atomic E-state index is 0.125. The van der Waals surface area contributed by atoms with Gasteiger partial charge < -0.3 is 26.1 Å². The summed E-state index contributed by atoms with van der Waals surface area (Å²) in [4.78, 5) is 12.2. The van der Waals surface area contributed by atoms with Crippen LogP contribution >= 0.6 is 21.6 Å². The first kappa shape index (κ1) is 25.2. The van der Waals surface area contributed by atoms with Crippen molar-refractivity contribution in [1.82, 2.24) is 10.6 Å². The second-order valence-corrected chi connectivity index (χ2v) is 8.34. The number of carbonyl (C=O) groups is 1. The molecule has 0 aromatic heterocycles. The summed E-state index contributed by atoms with van der Waals surface area (Å²) in [5, 5.41) is 15.0. The predicted molar refractivity (Wildman–Crippen MR) is 115 cm³/mol. The van der Waals surface area contributed by atoms with E-state index >= 15 is 0 Å². The number of alkyl halides is 3. The molecule has 1 rings (SSSR count). The maximum Gasteiger partial charge on any atom is 0.432 e. The number of rotatable bonds is 13. The maximum absolute atomic E-state index is 13.5. The van der Waals surface area contributed by atoms with Crippen molar-refractivity contribution in [2.24, 2.45) is 0 Å². The van der Waals surface area contributed by atoms with Gasteiger partial charge in [0.05, 0.1) is 12.7 Å². The molecule has 6 nitrogen and oxygen atoms in total. The average molecular weight is 451 g/mol. The number of ether oxygens (including phenoxy) is 1. The van der Waals surface area contributed by atoms with Crippen LogP contribution in [-0.4, -0.2) is 57.1 Å². The molecule has 0 heterocycles. The number of amides is 1. The Hall–Kier alpha value is -1.85. The van der Waals surface area contributed by atoms with Crippen LogP contribution in [0.4, 0.5) is 18.9 Å². The topological polar surface area (TPSA) is 86.2 Å². The smallest absolute Gasteiger partial charge is 0.432 e. The van der Waals surface area contributed by atoms with E-state index in [0.29, 0.717) is 18.4 Å². The van der Waals surface area contributed by atoms with Crippen LogP contribution < -0.4 is 20.7 Å². The Labute approximate surface area is 176 Å². The Morgan fingerprint density at radius 2 is 1.83 bits per heavy atom. The summed E-state index contributed by atoms with van der Waals surface area (Å²) in [5.74, 6) is 1.25. The SMILES string of the molecule is CNCCSSCCCNC(=O)/C(C=N)=C(/Nc1ccc(OC)cc1)C(F)(F)F. The molecule has 1 aromatic carbocycles. The largest absolute Gasteiger partial charge is 0.497 e. The van der Waals surface area contributed by atoms with Gasteiger partial charge in [0.25, 0.3) is 5.91 Å². The van der Waals surface area contributed by atoms with Crippen molar-refractivity contribution in [3.63, 3.8) is 0 Å². The fourth-order valence-electron chi connectivity index (χ4n) is 2.05. The van der Waals surface area contributed by atoms with Gasteiger partial charge in [-0.25, -0.2) is 0 Å². The van der Waals surface area contributed by atoms with Crippen LogP contribution in [0.1, 0.15) is 6.42 Å². The van der Waals surface area contributed by atoms with E-state index in [0.717, 1.165) is 18.1 Å². The lowest BCUT2D eigenvalue weighted by Crippen LogP contribution is -2.32. The molecule has 0 fully saturated rings. The molecule has 0 saturated carbocycles. The quantitative estimate of drug-likeness (QED) is 0.159. The first-order chi connectivity index (χ1) is 13.8. The highest BCUT2D eigenvalue weighted by Crippen LogP contribution is 2.30. The van der Waals surface area contributed by atoms with Gasteiger partial charge in [0, 0.05) is 36.5 Å². The van der Waals surface area contributed by atoms with E-state index in [1.165, 1.54) is 31.4 Å².